The van der Waals surface area contributed by atoms with Crippen molar-refractivity contribution in [2.45, 2.75) is 6.61 Å². The fourth-order valence-corrected chi connectivity index (χ4v) is 3.31. The van der Waals surface area contributed by atoms with E-state index in [1.54, 1.807) is 55.6 Å². The number of rotatable bonds is 7. The van der Waals surface area contributed by atoms with Gasteiger partial charge in [0.1, 0.15) is 29.4 Å². The molecule has 1 aromatic heterocycles. The molecule has 8 nitrogen and oxygen atoms in total. The van der Waals surface area contributed by atoms with Crippen molar-refractivity contribution in [1.29, 1.82) is 0 Å². The first-order valence-corrected chi connectivity index (χ1v) is 9.65. The Labute approximate surface area is 182 Å². The summed E-state index contributed by atoms with van der Waals surface area (Å²) < 4.78 is 21.7. The van der Waals surface area contributed by atoms with Crippen LogP contribution in [0.3, 0.4) is 0 Å². The molecule has 0 spiro atoms. The molecule has 0 bridgehead atoms. The molecular formula is C24H19NO7. The third-order valence-corrected chi connectivity index (χ3v) is 4.98. The van der Waals surface area contributed by atoms with Crippen molar-refractivity contribution < 1.29 is 23.6 Å². The van der Waals surface area contributed by atoms with Gasteiger partial charge in [-0.3, -0.25) is 10.1 Å². The highest BCUT2D eigenvalue weighted by Gasteiger charge is 2.13. The molecule has 1 heterocycles. The number of fused-ring (bicyclic) bond motifs is 1. The molecular weight excluding hydrogens is 414 g/mol. The van der Waals surface area contributed by atoms with E-state index in [0.717, 1.165) is 10.9 Å². The normalized spacial score (nSPS) is 10.7. The fourth-order valence-electron chi connectivity index (χ4n) is 3.31. The van der Waals surface area contributed by atoms with Gasteiger partial charge in [-0.2, -0.15) is 0 Å². The molecule has 3 aromatic carbocycles. The summed E-state index contributed by atoms with van der Waals surface area (Å²) in [6.07, 6.45) is 0. The van der Waals surface area contributed by atoms with Gasteiger partial charge in [0.2, 0.25) is 0 Å². The minimum absolute atomic E-state index is 0.0462. The van der Waals surface area contributed by atoms with Crippen LogP contribution in [-0.2, 0) is 6.61 Å². The van der Waals surface area contributed by atoms with Gasteiger partial charge in [-0.1, -0.05) is 12.1 Å². The Kier molecular flexibility index (Phi) is 5.76. The summed E-state index contributed by atoms with van der Waals surface area (Å²) in [7, 11) is 3.06. The molecule has 0 aliphatic rings. The Balaban J connectivity index is 1.60. The van der Waals surface area contributed by atoms with E-state index >= 15 is 0 Å². The van der Waals surface area contributed by atoms with Crippen LogP contribution in [0.5, 0.6) is 17.2 Å². The number of non-ortho nitro benzene ring substituents is 1. The molecule has 0 radical (unpaired) electrons. The van der Waals surface area contributed by atoms with Crippen LogP contribution in [0.15, 0.2) is 75.9 Å². The zero-order chi connectivity index (χ0) is 22.7. The van der Waals surface area contributed by atoms with Gasteiger partial charge in [0, 0.05) is 29.1 Å². The average Bonchev–Trinajstić information content (AvgIpc) is 2.82. The van der Waals surface area contributed by atoms with Crippen molar-refractivity contribution in [2.24, 2.45) is 0 Å². The zero-order valence-electron chi connectivity index (χ0n) is 17.4. The van der Waals surface area contributed by atoms with Gasteiger partial charge in [-0.15, -0.1) is 0 Å². The van der Waals surface area contributed by atoms with E-state index in [0.29, 0.717) is 34.0 Å². The summed E-state index contributed by atoms with van der Waals surface area (Å²) in [5, 5.41) is 11.8. The van der Waals surface area contributed by atoms with Crippen molar-refractivity contribution in [1.82, 2.24) is 0 Å². The van der Waals surface area contributed by atoms with E-state index in [9.17, 15) is 14.9 Å². The van der Waals surface area contributed by atoms with Crippen molar-refractivity contribution >= 4 is 16.7 Å². The maximum Gasteiger partial charge on any atom is 0.344 e. The lowest BCUT2D eigenvalue weighted by Gasteiger charge is -2.11. The van der Waals surface area contributed by atoms with Gasteiger partial charge in [0.25, 0.3) is 5.69 Å². The Morgan fingerprint density at radius 1 is 0.906 bits per heavy atom. The monoisotopic (exact) mass is 433 g/mol. The number of nitro benzene ring substituents is 1. The third kappa shape index (κ3) is 4.24. The van der Waals surface area contributed by atoms with Gasteiger partial charge >= 0.3 is 5.63 Å². The Morgan fingerprint density at radius 3 is 2.34 bits per heavy atom. The first kappa shape index (κ1) is 20.9. The maximum absolute atomic E-state index is 12.5. The molecule has 0 saturated heterocycles. The van der Waals surface area contributed by atoms with Gasteiger partial charge in [-0.05, 0) is 42.0 Å². The van der Waals surface area contributed by atoms with Crippen molar-refractivity contribution in [3.63, 3.8) is 0 Å². The highest BCUT2D eigenvalue weighted by atomic mass is 16.6. The predicted molar refractivity (Wildman–Crippen MR) is 118 cm³/mol. The lowest BCUT2D eigenvalue weighted by molar-refractivity contribution is -0.385. The average molecular weight is 433 g/mol. The standard InChI is InChI=1S/C24H19NO7/c1-29-19-7-3-15(4-8-19)21-12-16-5-9-20(13-23(16)32-24(21)26)31-14-17-11-18(25(27)28)6-10-22(17)30-2/h3-13H,14H2,1-2H3. The number of benzene rings is 3. The van der Waals surface area contributed by atoms with Gasteiger partial charge in [0.05, 0.1) is 24.7 Å². The molecule has 0 atom stereocenters. The number of nitrogens with zero attached hydrogens (tertiary/aromatic N) is 1. The number of ether oxygens (including phenoxy) is 3. The van der Waals surface area contributed by atoms with Crippen molar-refractivity contribution in [3.05, 3.63) is 92.8 Å². The smallest absolute Gasteiger partial charge is 0.344 e. The lowest BCUT2D eigenvalue weighted by Crippen LogP contribution is -2.03. The highest BCUT2D eigenvalue weighted by Crippen LogP contribution is 2.28. The van der Waals surface area contributed by atoms with Gasteiger partial charge in [0.15, 0.2) is 0 Å². The van der Waals surface area contributed by atoms with Crippen LogP contribution >= 0.6 is 0 Å². The summed E-state index contributed by atoms with van der Waals surface area (Å²) in [6.45, 7) is 0.0462. The van der Waals surface area contributed by atoms with E-state index in [4.69, 9.17) is 18.6 Å². The van der Waals surface area contributed by atoms with E-state index in [-0.39, 0.29) is 12.3 Å². The van der Waals surface area contributed by atoms with Crippen LogP contribution in [0, 0.1) is 10.1 Å². The minimum atomic E-state index is -0.478. The third-order valence-electron chi connectivity index (χ3n) is 4.98. The lowest BCUT2D eigenvalue weighted by atomic mass is 10.1. The van der Waals surface area contributed by atoms with E-state index in [1.807, 2.05) is 0 Å². The molecule has 4 rings (SSSR count). The first-order valence-electron chi connectivity index (χ1n) is 9.65. The number of hydrogen-bond donors (Lipinski definition) is 0. The molecule has 0 aliphatic carbocycles. The predicted octanol–water partition coefficient (Wildman–Crippen LogP) is 4.96. The zero-order valence-corrected chi connectivity index (χ0v) is 17.4. The highest BCUT2D eigenvalue weighted by molar-refractivity contribution is 5.82. The summed E-state index contributed by atoms with van der Waals surface area (Å²) in [5.74, 6) is 1.62. The molecule has 0 N–H and O–H groups in total. The van der Waals surface area contributed by atoms with Crippen LogP contribution in [0.1, 0.15) is 5.56 Å². The van der Waals surface area contributed by atoms with E-state index in [2.05, 4.69) is 0 Å². The van der Waals surface area contributed by atoms with E-state index < -0.39 is 10.5 Å². The van der Waals surface area contributed by atoms with Crippen LogP contribution < -0.4 is 19.8 Å². The topological polar surface area (TPSA) is 101 Å². The molecule has 0 amide bonds. The number of nitro groups is 1. The summed E-state index contributed by atoms with van der Waals surface area (Å²) >= 11 is 0. The molecule has 4 aromatic rings. The van der Waals surface area contributed by atoms with Crippen molar-refractivity contribution in [3.8, 4) is 28.4 Å². The molecule has 32 heavy (non-hydrogen) atoms. The second-order valence-corrected chi connectivity index (χ2v) is 6.92. The first-order chi connectivity index (χ1) is 15.5. The number of hydrogen-bond acceptors (Lipinski definition) is 7. The van der Waals surface area contributed by atoms with Crippen LogP contribution in [0.25, 0.3) is 22.1 Å². The fraction of sp³-hybridized carbons (Fsp3) is 0.125. The Morgan fingerprint density at radius 2 is 1.66 bits per heavy atom. The van der Waals surface area contributed by atoms with Gasteiger partial charge < -0.3 is 18.6 Å². The van der Waals surface area contributed by atoms with Gasteiger partial charge in [-0.25, -0.2) is 4.79 Å². The SMILES string of the molecule is COc1ccc(-c2cc3ccc(OCc4cc([N+](=O)[O-])ccc4OC)cc3oc2=O)cc1. The number of methoxy groups -OCH3 is 2. The van der Waals surface area contributed by atoms with Crippen LogP contribution in [-0.4, -0.2) is 19.1 Å². The molecule has 8 heteroatoms. The molecule has 0 saturated carbocycles. The molecule has 162 valence electrons. The Hall–Kier alpha value is -4.33. The summed E-state index contributed by atoms with van der Waals surface area (Å²) in [6, 6.07) is 18.3. The quantitative estimate of drug-likeness (QED) is 0.230. The minimum Gasteiger partial charge on any atom is -0.497 e. The molecule has 0 aliphatic heterocycles. The van der Waals surface area contributed by atoms with E-state index in [1.165, 1.54) is 25.3 Å². The molecule has 0 fully saturated rings. The Bertz CT molecular complexity index is 1340. The largest absolute Gasteiger partial charge is 0.497 e. The maximum atomic E-state index is 12.5. The van der Waals surface area contributed by atoms with Crippen LogP contribution in [0.4, 0.5) is 5.69 Å². The molecule has 0 unspecified atom stereocenters. The summed E-state index contributed by atoms with van der Waals surface area (Å²) in [4.78, 5) is 23.1. The second kappa shape index (κ2) is 8.81. The summed E-state index contributed by atoms with van der Waals surface area (Å²) in [5.41, 5.74) is 1.53. The van der Waals surface area contributed by atoms with Crippen LogP contribution in [0.2, 0.25) is 0 Å². The van der Waals surface area contributed by atoms with Crippen molar-refractivity contribution in [2.75, 3.05) is 14.2 Å². The second-order valence-electron chi connectivity index (χ2n) is 6.92.